The molecule has 166 valence electrons. The number of rotatable bonds is 5. The smallest absolute Gasteiger partial charge is 0.254 e. The van der Waals surface area contributed by atoms with Crippen LogP contribution >= 0.6 is 0 Å². The van der Waals surface area contributed by atoms with Gasteiger partial charge in [-0.25, -0.2) is 0 Å². The van der Waals surface area contributed by atoms with E-state index in [1.54, 1.807) is 7.11 Å². The Balaban J connectivity index is 1.33. The van der Waals surface area contributed by atoms with Crippen LogP contribution in [0.15, 0.2) is 34.9 Å². The molecule has 0 radical (unpaired) electrons. The van der Waals surface area contributed by atoms with Gasteiger partial charge in [-0.2, -0.15) is 0 Å². The third-order valence-electron chi connectivity index (χ3n) is 6.64. The number of likely N-dealkylation sites (tertiary alicyclic amines) is 2. The van der Waals surface area contributed by atoms with Crippen LogP contribution in [-0.2, 0) is 16.0 Å². The Morgan fingerprint density at radius 1 is 1.13 bits per heavy atom. The first-order chi connectivity index (χ1) is 15.0. The summed E-state index contributed by atoms with van der Waals surface area (Å²) in [4.78, 5) is 29.9. The Morgan fingerprint density at radius 3 is 2.52 bits per heavy atom. The molecule has 1 aromatic heterocycles. The molecule has 0 unspecified atom stereocenters. The highest BCUT2D eigenvalue weighted by atomic mass is 16.5. The molecule has 2 aliphatic rings. The molecule has 7 nitrogen and oxygen atoms in total. The van der Waals surface area contributed by atoms with Gasteiger partial charge in [-0.1, -0.05) is 23.4 Å². The Kier molecular flexibility index (Phi) is 6.41. The van der Waals surface area contributed by atoms with Gasteiger partial charge in [0.1, 0.15) is 5.76 Å². The van der Waals surface area contributed by atoms with Crippen molar-refractivity contribution in [3.05, 3.63) is 52.9 Å². The van der Waals surface area contributed by atoms with E-state index in [1.807, 2.05) is 54.0 Å². The number of methoxy groups -OCH3 is 1. The van der Waals surface area contributed by atoms with Crippen LogP contribution in [0.2, 0.25) is 0 Å². The number of benzene rings is 1. The molecule has 2 saturated heterocycles. The molecular formula is C24H31N3O4. The molecule has 3 heterocycles. The molecule has 0 bridgehead atoms. The minimum absolute atomic E-state index is 0.00270. The maximum atomic E-state index is 13.2. The number of hydrogen-bond donors (Lipinski definition) is 0. The standard InChI is InChI=1S/C24H31N3O4/c1-16-6-4-5-7-21(16)24(29)26-10-8-18(9-11-26)23(28)27-14-19(22(15-27)30-3)13-20-12-17(2)25-31-20/h4-7,12,18-19,22H,8-11,13-15H2,1-3H3/t19-,22+/m1/s1. The van der Waals surface area contributed by atoms with Crippen LogP contribution in [0.25, 0.3) is 0 Å². The van der Waals surface area contributed by atoms with Gasteiger partial charge in [0.05, 0.1) is 11.8 Å². The number of nitrogens with zero attached hydrogens (tertiary/aromatic N) is 3. The second kappa shape index (κ2) is 9.22. The third kappa shape index (κ3) is 4.66. The zero-order valence-electron chi connectivity index (χ0n) is 18.5. The monoisotopic (exact) mass is 425 g/mol. The van der Waals surface area contributed by atoms with Crippen LogP contribution in [0, 0.1) is 25.7 Å². The van der Waals surface area contributed by atoms with Gasteiger partial charge in [0.15, 0.2) is 0 Å². The van der Waals surface area contributed by atoms with Gasteiger partial charge >= 0.3 is 0 Å². The summed E-state index contributed by atoms with van der Waals surface area (Å²) in [5.74, 6) is 1.24. The highest BCUT2D eigenvalue weighted by Crippen LogP contribution is 2.28. The topological polar surface area (TPSA) is 75.9 Å². The maximum Gasteiger partial charge on any atom is 0.254 e. The molecule has 0 aliphatic carbocycles. The summed E-state index contributed by atoms with van der Waals surface area (Å²) in [5, 5.41) is 3.96. The summed E-state index contributed by atoms with van der Waals surface area (Å²) >= 11 is 0. The van der Waals surface area contributed by atoms with Crippen molar-refractivity contribution < 1.29 is 18.8 Å². The molecule has 2 atom stereocenters. The number of amides is 2. The molecule has 0 saturated carbocycles. The molecule has 2 aromatic rings. The van der Waals surface area contributed by atoms with Gasteiger partial charge < -0.3 is 19.1 Å². The molecule has 1 aromatic carbocycles. The number of hydrogen-bond acceptors (Lipinski definition) is 5. The fraction of sp³-hybridized carbons (Fsp3) is 0.542. The van der Waals surface area contributed by atoms with E-state index in [0.29, 0.717) is 45.4 Å². The lowest BCUT2D eigenvalue weighted by molar-refractivity contribution is -0.136. The van der Waals surface area contributed by atoms with E-state index in [9.17, 15) is 9.59 Å². The molecule has 2 fully saturated rings. The molecule has 4 rings (SSSR count). The van der Waals surface area contributed by atoms with E-state index in [0.717, 1.165) is 22.6 Å². The number of aryl methyl sites for hydroxylation is 2. The number of piperidine rings is 1. The van der Waals surface area contributed by atoms with Crippen molar-refractivity contribution in [2.24, 2.45) is 11.8 Å². The van der Waals surface area contributed by atoms with E-state index < -0.39 is 0 Å². The minimum Gasteiger partial charge on any atom is -0.379 e. The average molecular weight is 426 g/mol. The van der Waals surface area contributed by atoms with Crippen LogP contribution in [0.3, 0.4) is 0 Å². The molecule has 31 heavy (non-hydrogen) atoms. The molecule has 2 amide bonds. The summed E-state index contributed by atoms with van der Waals surface area (Å²) in [5.41, 5.74) is 2.60. The fourth-order valence-electron chi connectivity index (χ4n) is 4.83. The molecule has 0 spiro atoms. The highest BCUT2D eigenvalue weighted by Gasteiger charge is 2.39. The van der Waals surface area contributed by atoms with Crippen LogP contribution < -0.4 is 0 Å². The summed E-state index contributed by atoms with van der Waals surface area (Å²) in [6.45, 7) is 6.37. The van der Waals surface area contributed by atoms with Gasteiger partial charge in [0, 0.05) is 63.2 Å². The van der Waals surface area contributed by atoms with Gasteiger partial charge in [0.2, 0.25) is 5.91 Å². The Morgan fingerprint density at radius 2 is 1.87 bits per heavy atom. The largest absolute Gasteiger partial charge is 0.379 e. The number of aromatic nitrogens is 1. The lowest BCUT2D eigenvalue weighted by Crippen LogP contribution is -2.44. The summed E-state index contributed by atoms with van der Waals surface area (Å²) in [7, 11) is 1.70. The van der Waals surface area contributed by atoms with Crippen molar-refractivity contribution in [1.29, 1.82) is 0 Å². The first-order valence-corrected chi connectivity index (χ1v) is 11.0. The van der Waals surface area contributed by atoms with E-state index >= 15 is 0 Å². The summed E-state index contributed by atoms with van der Waals surface area (Å²) < 4.78 is 11.0. The predicted octanol–water partition coefficient (Wildman–Crippen LogP) is 2.86. The van der Waals surface area contributed by atoms with Gasteiger partial charge in [-0.3, -0.25) is 9.59 Å². The Hall–Kier alpha value is -2.67. The lowest BCUT2D eigenvalue weighted by atomic mass is 9.94. The molecule has 7 heteroatoms. The van der Waals surface area contributed by atoms with Crippen molar-refractivity contribution in [3.63, 3.8) is 0 Å². The second-order valence-corrected chi connectivity index (χ2v) is 8.80. The molecule has 0 N–H and O–H groups in total. The van der Waals surface area contributed by atoms with Crippen molar-refractivity contribution in [3.8, 4) is 0 Å². The van der Waals surface area contributed by atoms with Crippen molar-refractivity contribution >= 4 is 11.8 Å². The SMILES string of the molecule is CO[C@H]1CN(C(=O)C2CCN(C(=O)c3ccccc3C)CC2)C[C@H]1Cc1cc(C)no1. The van der Waals surface area contributed by atoms with Crippen LogP contribution in [-0.4, -0.2) is 66.2 Å². The summed E-state index contributed by atoms with van der Waals surface area (Å²) in [6, 6.07) is 9.61. The predicted molar refractivity (Wildman–Crippen MR) is 116 cm³/mol. The first-order valence-electron chi connectivity index (χ1n) is 11.0. The lowest BCUT2D eigenvalue weighted by Gasteiger charge is -2.33. The second-order valence-electron chi connectivity index (χ2n) is 8.80. The number of ether oxygens (including phenoxy) is 1. The quantitative estimate of drug-likeness (QED) is 0.736. The zero-order valence-corrected chi connectivity index (χ0v) is 18.5. The Bertz CT molecular complexity index is 932. The van der Waals surface area contributed by atoms with E-state index in [-0.39, 0.29) is 29.8 Å². The normalized spacial score (nSPS) is 22.2. The van der Waals surface area contributed by atoms with Crippen LogP contribution in [0.5, 0.6) is 0 Å². The van der Waals surface area contributed by atoms with Gasteiger partial charge in [-0.05, 0) is 38.3 Å². The first kappa shape index (κ1) is 21.6. The number of carbonyl (C=O) groups is 2. The van der Waals surface area contributed by atoms with E-state index in [2.05, 4.69) is 5.16 Å². The number of carbonyl (C=O) groups excluding carboxylic acids is 2. The zero-order chi connectivity index (χ0) is 22.0. The Labute approximate surface area is 183 Å². The van der Waals surface area contributed by atoms with Crippen LogP contribution in [0.4, 0.5) is 0 Å². The van der Waals surface area contributed by atoms with Crippen molar-refractivity contribution in [2.75, 3.05) is 33.3 Å². The minimum atomic E-state index is -0.0373. The maximum absolute atomic E-state index is 13.2. The molecular weight excluding hydrogens is 394 g/mol. The average Bonchev–Trinajstić information content (AvgIpc) is 3.39. The summed E-state index contributed by atoms with van der Waals surface area (Å²) in [6.07, 6.45) is 2.12. The molecule has 2 aliphatic heterocycles. The van der Waals surface area contributed by atoms with E-state index in [1.165, 1.54) is 0 Å². The highest BCUT2D eigenvalue weighted by molar-refractivity contribution is 5.95. The van der Waals surface area contributed by atoms with Gasteiger partial charge in [-0.15, -0.1) is 0 Å². The fourth-order valence-corrected chi connectivity index (χ4v) is 4.83. The van der Waals surface area contributed by atoms with Crippen LogP contribution in [0.1, 0.15) is 40.2 Å². The van der Waals surface area contributed by atoms with Crippen molar-refractivity contribution in [2.45, 2.75) is 39.2 Å². The van der Waals surface area contributed by atoms with E-state index in [4.69, 9.17) is 9.26 Å². The van der Waals surface area contributed by atoms with Crippen molar-refractivity contribution in [1.82, 2.24) is 15.0 Å². The third-order valence-corrected chi connectivity index (χ3v) is 6.64. The van der Waals surface area contributed by atoms with Gasteiger partial charge in [0.25, 0.3) is 5.91 Å².